The first kappa shape index (κ1) is 31.0. The number of halogens is 3. The van der Waals surface area contributed by atoms with Crippen LogP contribution in [0.4, 0.5) is 18.0 Å². The van der Waals surface area contributed by atoms with E-state index in [1.165, 1.54) is 38.5 Å². The highest BCUT2D eigenvalue weighted by Crippen LogP contribution is 2.44. The molecule has 0 aromatic heterocycles. The third-order valence-corrected chi connectivity index (χ3v) is 8.67. The van der Waals surface area contributed by atoms with Crippen molar-refractivity contribution in [2.24, 2.45) is 29.4 Å². The number of fused-ring (bicyclic) bond motifs is 2. The number of nitrogens with two attached hydrogens (primary N) is 1. The number of carbonyl (C=O) groups excluding carboxylic acids is 2. The minimum Gasteiger partial charge on any atom is -0.480 e. The number of hydrogen-bond acceptors (Lipinski definition) is 5. The summed E-state index contributed by atoms with van der Waals surface area (Å²) < 4.78 is 31.7. The first-order valence-corrected chi connectivity index (χ1v) is 14.0. The van der Waals surface area contributed by atoms with E-state index in [1.807, 2.05) is 0 Å². The Bertz CT molecular complexity index is 876. The van der Waals surface area contributed by atoms with Crippen LogP contribution in [0.2, 0.25) is 0 Å². The zero-order valence-electron chi connectivity index (χ0n) is 22.0. The Kier molecular flexibility index (Phi) is 10.9. The quantitative estimate of drug-likeness (QED) is 0.251. The van der Waals surface area contributed by atoms with E-state index in [-0.39, 0.29) is 23.9 Å². The second-order valence-electron chi connectivity index (χ2n) is 11.7. The van der Waals surface area contributed by atoms with Crippen LogP contribution >= 0.6 is 0 Å². The summed E-state index contributed by atoms with van der Waals surface area (Å²) in [4.78, 5) is 46.5. The molecule has 4 unspecified atom stereocenters. The number of rotatable bonds is 9. The summed E-state index contributed by atoms with van der Waals surface area (Å²) in [5.74, 6) is -1.96. The maximum absolute atomic E-state index is 13.2. The molecule has 0 aromatic rings. The summed E-state index contributed by atoms with van der Waals surface area (Å²) in [7, 11) is 0. The summed E-state index contributed by atoms with van der Waals surface area (Å²) in [6.45, 7) is 0. The molecule has 4 aliphatic carbocycles. The van der Waals surface area contributed by atoms with Gasteiger partial charge in [0.1, 0.15) is 12.1 Å². The van der Waals surface area contributed by atoms with Crippen molar-refractivity contribution in [3.05, 3.63) is 0 Å². The third kappa shape index (κ3) is 9.54. The average Bonchev–Trinajstić information content (AvgIpc) is 3.46. The highest BCUT2D eigenvalue weighted by molar-refractivity contribution is 5.89. The van der Waals surface area contributed by atoms with Gasteiger partial charge in [0.05, 0.1) is 0 Å². The maximum atomic E-state index is 13.2. The number of carboxylic acid groups (broad SMARTS) is 2. The number of carboxylic acids is 2. The smallest absolute Gasteiger partial charge is 0.480 e. The third-order valence-electron chi connectivity index (χ3n) is 8.67. The second-order valence-corrected chi connectivity index (χ2v) is 11.7. The molecular formula is C26H41F3N4O6. The van der Waals surface area contributed by atoms with Crippen LogP contribution in [0.25, 0.3) is 0 Å². The Morgan fingerprint density at radius 3 is 1.90 bits per heavy atom. The number of urea groups is 1. The van der Waals surface area contributed by atoms with Crippen molar-refractivity contribution in [3.63, 3.8) is 0 Å². The fourth-order valence-corrected chi connectivity index (χ4v) is 6.59. The molecule has 0 radical (unpaired) electrons. The molecule has 4 fully saturated rings. The van der Waals surface area contributed by atoms with Crippen LogP contribution in [0.1, 0.15) is 83.5 Å². The normalized spacial score (nSPS) is 29.7. The van der Waals surface area contributed by atoms with E-state index in [9.17, 15) is 32.7 Å². The minimum absolute atomic E-state index is 0.111. The molecule has 0 spiro atoms. The number of carbonyl (C=O) groups is 4. The Balaban J connectivity index is 0.000000532. The van der Waals surface area contributed by atoms with Gasteiger partial charge in [0, 0.05) is 12.1 Å². The first-order valence-electron chi connectivity index (χ1n) is 14.0. The fraction of sp³-hybridized carbons (Fsp3) is 0.846. The van der Waals surface area contributed by atoms with Crippen LogP contribution in [0.5, 0.6) is 0 Å². The zero-order chi connectivity index (χ0) is 28.7. The van der Waals surface area contributed by atoms with Gasteiger partial charge in [-0.15, -0.1) is 0 Å². The molecular weight excluding hydrogens is 521 g/mol. The van der Waals surface area contributed by atoms with Crippen LogP contribution in [-0.2, 0) is 14.4 Å². The molecule has 4 aliphatic rings. The Morgan fingerprint density at radius 1 is 0.821 bits per heavy atom. The van der Waals surface area contributed by atoms with Crippen molar-refractivity contribution in [3.8, 4) is 0 Å². The molecule has 0 aliphatic heterocycles. The predicted molar refractivity (Wildman–Crippen MR) is 134 cm³/mol. The molecule has 222 valence electrons. The highest BCUT2D eigenvalue weighted by Gasteiger charge is 2.41. The first-order chi connectivity index (χ1) is 18.3. The van der Waals surface area contributed by atoms with Crippen LogP contribution in [0.15, 0.2) is 0 Å². The van der Waals surface area contributed by atoms with E-state index in [2.05, 4.69) is 16.0 Å². The van der Waals surface area contributed by atoms with E-state index in [1.54, 1.807) is 0 Å². The lowest BCUT2D eigenvalue weighted by molar-refractivity contribution is -0.192. The van der Waals surface area contributed by atoms with E-state index in [0.29, 0.717) is 24.7 Å². The van der Waals surface area contributed by atoms with Crippen LogP contribution in [-0.4, -0.2) is 64.4 Å². The van der Waals surface area contributed by atoms with Gasteiger partial charge in [0.25, 0.3) is 0 Å². The van der Waals surface area contributed by atoms with Crippen molar-refractivity contribution in [2.45, 2.75) is 114 Å². The van der Waals surface area contributed by atoms with E-state index < -0.39 is 36.2 Å². The van der Waals surface area contributed by atoms with E-state index in [4.69, 9.17) is 15.6 Å². The summed E-state index contributed by atoms with van der Waals surface area (Å²) in [5, 5.41) is 25.3. The molecule has 0 saturated heterocycles. The molecule has 2 bridgehead atoms. The lowest BCUT2D eigenvalue weighted by Gasteiger charge is -2.34. The van der Waals surface area contributed by atoms with Gasteiger partial charge >= 0.3 is 24.1 Å². The maximum Gasteiger partial charge on any atom is 0.490 e. The number of amides is 3. The standard InChI is InChI=1S/C24H40N4O4.C2HF3O2/c25-18-9-16(10-18)13-21(23(30)31)28-24(32)27-20(11-14-4-2-1-3-5-14)22(29)26-19-12-15-6-7-17(19)8-15;3-2(4,5)1(6)7/h14-21H,1-13,25H2,(H,26,29)(H,30,31)(H2,27,28,32);(H,6,7)/t15?,16?,17?,18?,19?,20-,21?;/m1./s1. The van der Waals surface area contributed by atoms with Crippen molar-refractivity contribution < 1.29 is 42.6 Å². The highest BCUT2D eigenvalue weighted by atomic mass is 19.4. The van der Waals surface area contributed by atoms with Gasteiger partial charge in [-0.05, 0) is 68.6 Å². The molecule has 3 amide bonds. The molecule has 13 heteroatoms. The molecule has 0 aromatic carbocycles. The molecule has 0 heterocycles. The summed E-state index contributed by atoms with van der Waals surface area (Å²) in [5.41, 5.74) is 5.81. The van der Waals surface area contributed by atoms with Gasteiger partial charge in [0.2, 0.25) is 5.91 Å². The largest absolute Gasteiger partial charge is 0.490 e. The van der Waals surface area contributed by atoms with Gasteiger partial charge in [-0.1, -0.05) is 38.5 Å². The van der Waals surface area contributed by atoms with Crippen molar-refractivity contribution >= 4 is 23.9 Å². The van der Waals surface area contributed by atoms with Gasteiger partial charge in [0.15, 0.2) is 0 Å². The van der Waals surface area contributed by atoms with Gasteiger partial charge < -0.3 is 31.9 Å². The number of hydrogen-bond donors (Lipinski definition) is 6. The van der Waals surface area contributed by atoms with Gasteiger partial charge in [-0.25, -0.2) is 14.4 Å². The van der Waals surface area contributed by atoms with Crippen LogP contribution in [0.3, 0.4) is 0 Å². The molecule has 39 heavy (non-hydrogen) atoms. The van der Waals surface area contributed by atoms with Gasteiger partial charge in [-0.3, -0.25) is 4.79 Å². The zero-order valence-corrected chi connectivity index (χ0v) is 22.0. The summed E-state index contributed by atoms with van der Waals surface area (Å²) in [6, 6.07) is -1.79. The van der Waals surface area contributed by atoms with E-state index in [0.717, 1.165) is 38.0 Å². The second kappa shape index (κ2) is 13.7. The Morgan fingerprint density at radius 2 is 1.41 bits per heavy atom. The molecule has 4 saturated carbocycles. The molecule has 10 nitrogen and oxygen atoms in total. The topological polar surface area (TPSA) is 171 Å². The minimum atomic E-state index is -5.08. The molecule has 4 rings (SSSR count). The van der Waals surface area contributed by atoms with Crippen LogP contribution < -0.4 is 21.7 Å². The average molecular weight is 563 g/mol. The molecule has 7 N–H and O–H groups in total. The number of alkyl halides is 3. The van der Waals surface area contributed by atoms with Crippen molar-refractivity contribution in [1.29, 1.82) is 0 Å². The van der Waals surface area contributed by atoms with Crippen LogP contribution in [0, 0.1) is 23.7 Å². The summed E-state index contributed by atoms with van der Waals surface area (Å²) >= 11 is 0. The fourth-order valence-electron chi connectivity index (χ4n) is 6.59. The summed E-state index contributed by atoms with van der Waals surface area (Å²) in [6.07, 6.45) is 7.95. The van der Waals surface area contributed by atoms with Crippen molar-refractivity contribution in [1.82, 2.24) is 16.0 Å². The SMILES string of the molecule is NC1CC(CC(NC(=O)N[C@H](CC2CCCCC2)C(=O)NC2CC3CCC2C3)C(=O)O)C1.O=C(O)C(F)(F)F. The lowest BCUT2D eigenvalue weighted by atomic mass is 9.77. The number of aliphatic carboxylic acids is 2. The predicted octanol–water partition coefficient (Wildman–Crippen LogP) is 3.14. The Labute approximate surface area is 226 Å². The van der Waals surface area contributed by atoms with Gasteiger partial charge in [-0.2, -0.15) is 13.2 Å². The Hall–Kier alpha value is -2.57. The lowest BCUT2D eigenvalue weighted by Crippen LogP contribution is -2.56. The number of nitrogens with one attached hydrogen (secondary N) is 3. The van der Waals surface area contributed by atoms with E-state index >= 15 is 0 Å². The van der Waals surface area contributed by atoms with Crippen molar-refractivity contribution in [2.75, 3.05) is 0 Å². The molecule has 5 atom stereocenters. The monoisotopic (exact) mass is 562 g/mol.